The van der Waals surface area contributed by atoms with E-state index in [1.807, 2.05) is 0 Å². The third kappa shape index (κ3) is 2.63. The van der Waals surface area contributed by atoms with E-state index in [1.165, 1.54) is 7.11 Å². The first-order valence-corrected chi connectivity index (χ1v) is 7.55. The van der Waals surface area contributed by atoms with E-state index < -0.39 is 30.4 Å². The van der Waals surface area contributed by atoms with Gasteiger partial charge in [0.15, 0.2) is 11.5 Å². The van der Waals surface area contributed by atoms with E-state index in [1.54, 1.807) is 24.9 Å². The molecule has 0 aromatic carbocycles. The van der Waals surface area contributed by atoms with Gasteiger partial charge in [0.25, 0.3) is 0 Å². The summed E-state index contributed by atoms with van der Waals surface area (Å²) in [5, 5.41) is 26.1. The van der Waals surface area contributed by atoms with Crippen molar-refractivity contribution >= 4 is 23.1 Å². The number of methoxy groups -OCH3 is 1. The van der Waals surface area contributed by atoms with Gasteiger partial charge in [0.2, 0.25) is 0 Å². The summed E-state index contributed by atoms with van der Waals surface area (Å²) in [4.78, 5) is 24.4. The number of rotatable bonds is 3. The van der Waals surface area contributed by atoms with Gasteiger partial charge in [-0.2, -0.15) is 0 Å². The molecule has 1 aliphatic rings. The van der Waals surface area contributed by atoms with Crippen LogP contribution in [-0.2, 0) is 4.74 Å². The number of aliphatic hydroxyl groups excluding tert-OH is 2. The Hall–Kier alpha value is -2.46. The average Bonchev–Trinajstić information content (AvgIpc) is 3.10. The summed E-state index contributed by atoms with van der Waals surface area (Å²) in [6.45, 7) is 1.76. The molecule has 1 fully saturated rings. The van der Waals surface area contributed by atoms with E-state index in [4.69, 9.17) is 0 Å². The molecule has 0 spiro atoms. The third-order valence-corrected chi connectivity index (χ3v) is 4.27. The number of aryl methyl sites for hydroxylation is 1. The highest BCUT2D eigenvalue weighted by atomic mass is 16.5. The normalized spacial score (nSPS) is 26.5. The van der Waals surface area contributed by atoms with Crippen molar-refractivity contribution in [2.24, 2.45) is 0 Å². The summed E-state index contributed by atoms with van der Waals surface area (Å²) < 4.78 is 6.25. The SMILES string of the molecule is CNc1nc(C)nc2c1ncn2[C@@H]1C[C@H](NC(=O)OC)[C@@H](O)[C@H]1O. The third-order valence-electron chi connectivity index (χ3n) is 4.27. The lowest BCUT2D eigenvalue weighted by Gasteiger charge is -2.18. The highest BCUT2D eigenvalue weighted by molar-refractivity contribution is 5.83. The molecule has 2 aromatic rings. The van der Waals surface area contributed by atoms with Gasteiger partial charge in [-0.05, 0) is 13.3 Å². The van der Waals surface area contributed by atoms with E-state index in [-0.39, 0.29) is 0 Å². The van der Waals surface area contributed by atoms with E-state index >= 15 is 0 Å². The fraction of sp³-hybridized carbons (Fsp3) is 0.571. The number of aliphatic hydroxyl groups is 2. The van der Waals surface area contributed by atoms with Crippen LogP contribution in [0.15, 0.2) is 6.33 Å². The Labute approximate surface area is 137 Å². The lowest BCUT2D eigenvalue weighted by molar-refractivity contribution is 0.0142. The van der Waals surface area contributed by atoms with Gasteiger partial charge in [0, 0.05) is 7.05 Å². The molecule has 0 aliphatic heterocycles. The van der Waals surface area contributed by atoms with Crippen LogP contribution in [0.25, 0.3) is 11.2 Å². The second kappa shape index (κ2) is 6.21. The quantitative estimate of drug-likeness (QED) is 0.593. The Morgan fingerprint density at radius 1 is 1.38 bits per heavy atom. The smallest absolute Gasteiger partial charge is 0.407 e. The van der Waals surface area contributed by atoms with Crippen LogP contribution >= 0.6 is 0 Å². The van der Waals surface area contributed by atoms with Gasteiger partial charge in [-0.15, -0.1) is 0 Å². The number of carbonyl (C=O) groups is 1. The zero-order valence-electron chi connectivity index (χ0n) is 13.6. The molecule has 2 aromatic heterocycles. The first-order valence-electron chi connectivity index (χ1n) is 7.55. The summed E-state index contributed by atoms with van der Waals surface area (Å²) in [5.41, 5.74) is 1.14. The van der Waals surface area contributed by atoms with Gasteiger partial charge in [-0.1, -0.05) is 0 Å². The predicted molar refractivity (Wildman–Crippen MR) is 84.6 cm³/mol. The molecule has 0 unspecified atom stereocenters. The van der Waals surface area contributed by atoms with Gasteiger partial charge in [0.05, 0.1) is 25.5 Å². The predicted octanol–water partition coefficient (Wildman–Crippen LogP) is -0.432. The Morgan fingerprint density at radius 3 is 2.79 bits per heavy atom. The Balaban J connectivity index is 1.96. The van der Waals surface area contributed by atoms with Crippen molar-refractivity contribution in [2.45, 2.75) is 37.6 Å². The van der Waals surface area contributed by atoms with Crippen LogP contribution in [0.5, 0.6) is 0 Å². The molecule has 10 heteroatoms. The molecule has 0 bridgehead atoms. The Bertz CT molecular complexity index is 763. The van der Waals surface area contributed by atoms with Crippen LogP contribution in [0.2, 0.25) is 0 Å². The molecule has 1 aliphatic carbocycles. The van der Waals surface area contributed by atoms with Crippen LogP contribution < -0.4 is 10.6 Å². The lowest BCUT2D eigenvalue weighted by atomic mass is 10.2. The van der Waals surface area contributed by atoms with Gasteiger partial charge in [-0.3, -0.25) is 0 Å². The molecule has 24 heavy (non-hydrogen) atoms. The minimum Gasteiger partial charge on any atom is -0.453 e. The van der Waals surface area contributed by atoms with Crippen molar-refractivity contribution in [3.05, 3.63) is 12.2 Å². The standard InChI is InChI=1S/C14H20N6O4/c1-6-17-12(15-2)9-13(18-6)20(5-16-9)8-4-7(10(21)11(8)22)19-14(23)24-3/h5,7-8,10-11,21-22H,4H2,1-3H3,(H,19,23)(H,15,17,18)/t7-,8+,10+,11-/m0/s1. The minimum absolute atomic E-state index is 0.320. The van der Waals surface area contributed by atoms with Crippen molar-refractivity contribution in [1.82, 2.24) is 24.8 Å². The number of ether oxygens (including phenoxy) is 1. The molecule has 1 amide bonds. The van der Waals surface area contributed by atoms with Crippen molar-refractivity contribution < 1.29 is 19.7 Å². The van der Waals surface area contributed by atoms with Crippen LogP contribution in [0.4, 0.5) is 10.6 Å². The van der Waals surface area contributed by atoms with E-state index in [0.717, 1.165) is 0 Å². The molecule has 4 N–H and O–H groups in total. The number of fused-ring (bicyclic) bond motifs is 1. The maximum atomic E-state index is 11.4. The van der Waals surface area contributed by atoms with Gasteiger partial charge in [0.1, 0.15) is 23.5 Å². The molecule has 1 saturated carbocycles. The maximum absolute atomic E-state index is 11.4. The highest BCUT2D eigenvalue weighted by Gasteiger charge is 2.44. The van der Waals surface area contributed by atoms with Crippen molar-refractivity contribution in [2.75, 3.05) is 19.5 Å². The Morgan fingerprint density at radius 2 is 2.12 bits per heavy atom. The summed E-state index contributed by atoms with van der Waals surface area (Å²) in [6.07, 6.45) is -0.962. The van der Waals surface area contributed by atoms with Gasteiger partial charge >= 0.3 is 6.09 Å². The summed E-state index contributed by atoms with van der Waals surface area (Å²) in [7, 11) is 2.98. The van der Waals surface area contributed by atoms with Gasteiger partial charge < -0.3 is 30.2 Å². The number of nitrogens with zero attached hydrogens (tertiary/aromatic N) is 4. The molecule has 0 radical (unpaired) electrons. The first-order chi connectivity index (χ1) is 11.5. The largest absolute Gasteiger partial charge is 0.453 e. The first kappa shape index (κ1) is 16.4. The average molecular weight is 336 g/mol. The van der Waals surface area contributed by atoms with Crippen molar-refractivity contribution in [3.63, 3.8) is 0 Å². The maximum Gasteiger partial charge on any atom is 0.407 e. The molecule has 2 heterocycles. The molecule has 10 nitrogen and oxygen atoms in total. The second-order valence-corrected chi connectivity index (χ2v) is 5.72. The number of nitrogens with one attached hydrogen (secondary N) is 2. The molecular formula is C14H20N6O4. The fourth-order valence-electron chi connectivity index (χ4n) is 3.08. The van der Waals surface area contributed by atoms with Crippen molar-refractivity contribution in [1.29, 1.82) is 0 Å². The van der Waals surface area contributed by atoms with E-state index in [9.17, 15) is 15.0 Å². The Kier molecular flexibility index (Phi) is 4.24. The van der Waals surface area contributed by atoms with Crippen LogP contribution in [-0.4, -0.2) is 68.2 Å². The molecule has 4 atom stereocenters. The number of alkyl carbamates (subject to hydrolysis) is 1. The summed E-state index contributed by atoms with van der Waals surface area (Å²) >= 11 is 0. The number of aromatic nitrogens is 4. The van der Waals surface area contributed by atoms with E-state index in [2.05, 4.69) is 30.3 Å². The number of hydrogen-bond donors (Lipinski definition) is 4. The summed E-state index contributed by atoms with van der Waals surface area (Å²) in [5.74, 6) is 1.15. The number of imidazole rings is 1. The van der Waals surface area contributed by atoms with Crippen LogP contribution in [0.1, 0.15) is 18.3 Å². The number of carbonyl (C=O) groups excluding carboxylic acids is 1. The van der Waals surface area contributed by atoms with Crippen molar-refractivity contribution in [3.8, 4) is 0 Å². The van der Waals surface area contributed by atoms with Gasteiger partial charge in [-0.25, -0.2) is 19.7 Å². The van der Waals surface area contributed by atoms with E-state index in [0.29, 0.717) is 29.2 Å². The second-order valence-electron chi connectivity index (χ2n) is 5.72. The fourth-order valence-corrected chi connectivity index (χ4v) is 3.08. The molecule has 0 saturated heterocycles. The van der Waals surface area contributed by atoms with Crippen LogP contribution in [0.3, 0.4) is 0 Å². The molecule has 130 valence electrons. The monoisotopic (exact) mass is 336 g/mol. The zero-order chi connectivity index (χ0) is 17.4. The van der Waals surface area contributed by atoms with Crippen LogP contribution in [0, 0.1) is 6.92 Å². The lowest BCUT2D eigenvalue weighted by Crippen LogP contribution is -2.43. The topological polar surface area (TPSA) is 134 Å². The number of anilines is 1. The minimum atomic E-state index is -1.11. The highest BCUT2D eigenvalue weighted by Crippen LogP contribution is 2.33. The number of amides is 1. The zero-order valence-corrected chi connectivity index (χ0v) is 13.6. The summed E-state index contributed by atoms with van der Waals surface area (Å²) in [6, 6.07) is -1.10. The molecular weight excluding hydrogens is 316 g/mol. The number of hydrogen-bond acceptors (Lipinski definition) is 8. The molecule has 3 rings (SSSR count).